The lowest BCUT2D eigenvalue weighted by Gasteiger charge is -2.42. The van der Waals surface area contributed by atoms with E-state index in [9.17, 15) is 14.7 Å². The second-order valence-electron chi connectivity index (χ2n) is 7.37. The monoisotopic (exact) mass is 357 g/mol. The zero-order valence-electron chi connectivity index (χ0n) is 15.2. The van der Waals surface area contributed by atoms with Gasteiger partial charge in [0.15, 0.2) is 0 Å². The van der Waals surface area contributed by atoms with Gasteiger partial charge < -0.3 is 20.1 Å². The fourth-order valence-corrected chi connectivity index (χ4v) is 3.69. The summed E-state index contributed by atoms with van der Waals surface area (Å²) < 4.78 is 5.85. The number of rotatable bonds is 2. The molecule has 2 heterocycles. The number of nitriles is 1. The van der Waals surface area contributed by atoms with Crippen LogP contribution >= 0.6 is 0 Å². The van der Waals surface area contributed by atoms with Gasteiger partial charge in [0, 0.05) is 19.0 Å². The van der Waals surface area contributed by atoms with Crippen molar-refractivity contribution < 1.29 is 19.4 Å². The highest BCUT2D eigenvalue weighted by Gasteiger charge is 2.45. The molecule has 2 aliphatic heterocycles. The molecule has 0 radical (unpaired) electrons. The molecule has 0 saturated carbocycles. The van der Waals surface area contributed by atoms with Gasteiger partial charge in [-0.3, -0.25) is 9.59 Å². The summed E-state index contributed by atoms with van der Waals surface area (Å²) >= 11 is 0. The first kappa shape index (κ1) is 18.2. The van der Waals surface area contributed by atoms with Gasteiger partial charge in [0.1, 0.15) is 23.5 Å². The van der Waals surface area contributed by atoms with Crippen molar-refractivity contribution in [2.45, 2.75) is 57.4 Å². The van der Waals surface area contributed by atoms with Gasteiger partial charge in [-0.05, 0) is 44.9 Å². The number of hydrogen-bond acceptors (Lipinski definition) is 5. The number of hydrogen-bond donors (Lipinski definition) is 2. The largest absolute Gasteiger partial charge is 0.485 e. The fourth-order valence-electron chi connectivity index (χ4n) is 3.69. The van der Waals surface area contributed by atoms with E-state index in [2.05, 4.69) is 11.4 Å². The number of aliphatic hydroxyl groups is 1. The lowest BCUT2D eigenvalue weighted by molar-refractivity contribution is -0.138. The molecule has 1 aromatic carbocycles. The standard InChI is InChI=1S/C19H23N3O4/c1-11(23)22-8-4-5-14(22)18(25)21-16-13-9-12(10-20)6-7-15(13)26-19(2,3)17(16)24/h6-7,9,14,16-17,24H,4-5,8H2,1-3H3,(H,21,25)/t14-,16+,17-/m0/s1. The summed E-state index contributed by atoms with van der Waals surface area (Å²) in [6.07, 6.45) is 0.369. The molecule has 0 spiro atoms. The lowest BCUT2D eigenvalue weighted by atomic mass is 9.85. The maximum absolute atomic E-state index is 12.8. The van der Waals surface area contributed by atoms with Crippen LogP contribution in [0.15, 0.2) is 18.2 Å². The van der Waals surface area contributed by atoms with Crippen LogP contribution < -0.4 is 10.1 Å². The van der Waals surface area contributed by atoms with Gasteiger partial charge >= 0.3 is 0 Å². The van der Waals surface area contributed by atoms with E-state index < -0.39 is 23.8 Å². The molecule has 2 amide bonds. The molecule has 0 bridgehead atoms. The third kappa shape index (κ3) is 3.13. The maximum Gasteiger partial charge on any atom is 0.243 e. The maximum atomic E-state index is 12.8. The Labute approximate surface area is 152 Å². The van der Waals surface area contributed by atoms with Crippen LogP contribution in [0.3, 0.4) is 0 Å². The van der Waals surface area contributed by atoms with E-state index in [1.807, 2.05) is 0 Å². The normalized spacial score (nSPS) is 26.4. The van der Waals surface area contributed by atoms with E-state index in [1.54, 1.807) is 36.9 Å². The molecule has 1 aromatic rings. The summed E-state index contributed by atoms with van der Waals surface area (Å²) in [5.74, 6) is 0.0925. The Hall–Kier alpha value is -2.59. The van der Waals surface area contributed by atoms with Gasteiger partial charge in [0.2, 0.25) is 11.8 Å². The van der Waals surface area contributed by atoms with Gasteiger partial charge in [-0.2, -0.15) is 5.26 Å². The molecular weight excluding hydrogens is 334 g/mol. The van der Waals surface area contributed by atoms with Gasteiger partial charge in [-0.15, -0.1) is 0 Å². The molecule has 26 heavy (non-hydrogen) atoms. The van der Waals surface area contributed by atoms with E-state index in [-0.39, 0.29) is 11.8 Å². The topological polar surface area (TPSA) is 103 Å². The third-order valence-corrected chi connectivity index (χ3v) is 5.13. The molecule has 7 nitrogen and oxygen atoms in total. The van der Waals surface area contributed by atoms with Crippen LogP contribution in [0.5, 0.6) is 5.75 Å². The second-order valence-corrected chi connectivity index (χ2v) is 7.37. The first-order valence-electron chi connectivity index (χ1n) is 8.73. The molecule has 2 N–H and O–H groups in total. The van der Waals surface area contributed by atoms with E-state index in [0.29, 0.717) is 29.8 Å². The Bertz CT molecular complexity index is 783. The van der Waals surface area contributed by atoms with Crippen LogP contribution in [0.2, 0.25) is 0 Å². The molecule has 2 aliphatic rings. The molecular formula is C19H23N3O4. The Balaban J connectivity index is 1.92. The molecule has 3 rings (SSSR count). The van der Waals surface area contributed by atoms with Crippen molar-refractivity contribution >= 4 is 11.8 Å². The summed E-state index contributed by atoms with van der Waals surface area (Å²) in [5.41, 5.74) is 0.0797. The van der Waals surface area contributed by atoms with Crippen LogP contribution in [-0.4, -0.2) is 46.1 Å². The van der Waals surface area contributed by atoms with Crippen molar-refractivity contribution in [1.82, 2.24) is 10.2 Å². The summed E-state index contributed by atoms with van der Waals surface area (Å²) in [6.45, 7) is 5.50. The first-order valence-corrected chi connectivity index (χ1v) is 8.73. The number of carbonyl (C=O) groups excluding carboxylic acids is 2. The Morgan fingerprint density at radius 2 is 2.15 bits per heavy atom. The minimum atomic E-state index is -1.000. The number of nitrogens with one attached hydrogen (secondary N) is 1. The zero-order chi connectivity index (χ0) is 19.1. The molecule has 1 saturated heterocycles. The fraction of sp³-hybridized carbons (Fsp3) is 0.526. The van der Waals surface area contributed by atoms with Gasteiger partial charge in [0.05, 0.1) is 17.7 Å². The molecule has 7 heteroatoms. The average molecular weight is 357 g/mol. The summed E-state index contributed by atoms with van der Waals surface area (Å²) in [6, 6.07) is 5.75. The lowest BCUT2D eigenvalue weighted by Crippen LogP contribution is -2.56. The number of ether oxygens (including phenoxy) is 1. The van der Waals surface area contributed by atoms with E-state index in [0.717, 1.165) is 6.42 Å². The molecule has 0 aliphatic carbocycles. The Morgan fingerprint density at radius 3 is 2.81 bits per heavy atom. The molecule has 1 fully saturated rings. The number of aliphatic hydroxyl groups excluding tert-OH is 1. The minimum Gasteiger partial charge on any atom is -0.485 e. The van der Waals surface area contributed by atoms with Crippen molar-refractivity contribution in [3.05, 3.63) is 29.3 Å². The van der Waals surface area contributed by atoms with E-state index >= 15 is 0 Å². The quantitative estimate of drug-likeness (QED) is 0.829. The third-order valence-electron chi connectivity index (χ3n) is 5.13. The SMILES string of the molecule is CC(=O)N1CCC[C@H]1C(=O)N[C@@H]1c2cc(C#N)ccc2OC(C)(C)[C@H]1O. The average Bonchev–Trinajstić information content (AvgIpc) is 3.08. The van der Waals surface area contributed by atoms with Crippen molar-refractivity contribution in [2.24, 2.45) is 0 Å². The Kier molecular flexibility index (Phi) is 4.63. The predicted molar refractivity (Wildman–Crippen MR) is 93.2 cm³/mol. The van der Waals surface area contributed by atoms with Gasteiger partial charge in [-0.25, -0.2) is 0 Å². The first-order chi connectivity index (χ1) is 12.2. The highest BCUT2D eigenvalue weighted by atomic mass is 16.5. The van der Waals surface area contributed by atoms with Crippen LogP contribution in [0, 0.1) is 11.3 Å². The molecule has 138 valence electrons. The number of fused-ring (bicyclic) bond motifs is 1. The second kappa shape index (κ2) is 6.61. The molecule has 3 atom stereocenters. The molecule has 0 unspecified atom stereocenters. The minimum absolute atomic E-state index is 0.136. The van der Waals surface area contributed by atoms with Gasteiger partial charge in [-0.1, -0.05) is 0 Å². The predicted octanol–water partition coefficient (Wildman–Crippen LogP) is 1.26. The number of carbonyl (C=O) groups is 2. The van der Waals surface area contributed by atoms with Crippen molar-refractivity contribution in [3.8, 4) is 11.8 Å². The molecule has 0 aromatic heterocycles. The highest BCUT2D eigenvalue weighted by Crippen LogP contribution is 2.40. The highest BCUT2D eigenvalue weighted by molar-refractivity contribution is 5.87. The Morgan fingerprint density at radius 1 is 1.42 bits per heavy atom. The summed E-state index contributed by atoms with van der Waals surface area (Å²) in [7, 11) is 0. The van der Waals surface area contributed by atoms with E-state index in [4.69, 9.17) is 10.00 Å². The number of nitrogens with zero attached hydrogens (tertiary/aromatic N) is 2. The van der Waals surface area contributed by atoms with Crippen molar-refractivity contribution in [3.63, 3.8) is 0 Å². The van der Waals surface area contributed by atoms with Crippen LogP contribution in [0.25, 0.3) is 0 Å². The summed E-state index contributed by atoms with van der Waals surface area (Å²) in [4.78, 5) is 26.1. The number of benzene rings is 1. The van der Waals surface area contributed by atoms with Crippen molar-refractivity contribution in [2.75, 3.05) is 6.54 Å². The smallest absolute Gasteiger partial charge is 0.243 e. The van der Waals surface area contributed by atoms with Gasteiger partial charge in [0.25, 0.3) is 0 Å². The van der Waals surface area contributed by atoms with Crippen molar-refractivity contribution in [1.29, 1.82) is 5.26 Å². The van der Waals surface area contributed by atoms with Crippen LogP contribution in [-0.2, 0) is 9.59 Å². The van der Waals surface area contributed by atoms with E-state index in [1.165, 1.54) is 6.92 Å². The zero-order valence-corrected chi connectivity index (χ0v) is 15.2. The summed E-state index contributed by atoms with van der Waals surface area (Å²) in [5, 5.41) is 22.8. The van der Waals surface area contributed by atoms with Crippen LogP contribution in [0.4, 0.5) is 0 Å². The van der Waals surface area contributed by atoms with Crippen LogP contribution in [0.1, 0.15) is 50.8 Å². The number of likely N-dealkylation sites (tertiary alicyclic amines) is 1. The number of amides is 2.